The van der Waals surface area contributed by atoms with Crippen LogP contribution in [-0.2, 0) is 6.54 Å². The first-order valence-corrected chi connectivity index (χ1v) is 6.44. The summed E-state index contributed by atoms with van der Waals surface area (Å²) in [5.74, 6) is -1.99. The number of aliphatic hydroxyl groups is 1. The molecule has 1 aliphatic rings. The van der Waals surface area contributed by atoms with Crippen LogP contribution in [0, 0.1) is 5.82 Å². The van der Waals surface area contributed by atoms with Crippen LogP contribution in [0.5, 0.6) is 0 Å². The Morgan fingerprint density at radius 1 is 1.37 bits per heavy atom. The van der Waals surface area contributed by atoms with Crippen molar-refractivity contribution in [2.24, 2.45) is 0 Å². The molecule has 0 bridgehead atoms. The number of carbonyl (C=O) groups is 1. The Bertz CT molecular complexity index is 470. The molecule has 0 saturated heterocycles. The molecule has 0 amide bonds. The number of hydrogen-bond donors (Lipinski definition) is 3. The highest BCUT2D eigenvalue weighted by atomic mass is 19.1. The molecular weight excluding hydrogens is 249 g/mol. The molecule has 0 atom stereocenters. The number of hydrogen-bond acceptors (Lipinski definition) is 3. The third kappa shape index (κ3) is 3.11. The normalized spacial score (nSPS) is 17.6. The molecule has 5 heteroatoms. The van der Waals surface area contributed by atoms with Crippen molar-refractivity contribution in [2.45, 2.75) is 37.8 Å². The van der Waals surface area contributed by atoms with Crippen molar-refractivity contribution >= 4 is 5.97 Å². The van der Waals surface area contributed by atoms with Gasteiger partial charge in [-0.25, -0.2) is 9.18 Å². The molecular formula is C14H18FNO3. The summed E-state index contributed by atoms with van der Waals surface area (Å²) < 4.78 is 13.5. The van der Waals surface area contributed by atoms with E-state index in [-0.39, 0.29) is 17.7 Å². The second kappa shape index (κ2) is 5.67. The minimum Gasteiger partial charge on any atom is -0.478 e. The van der Waals surface area contributed by atoms with E-state index in [2.05, 4.69) is 5.32 Å². The first-order valence-electron chi connectivity index (χ1n) is 6.44. The zero-order valence-corrected chi connectivity index (χ0v) is 10.7. The molecule has 1 saturated carbocycles. The van der Waals surface area contributed by atoms with Crippen LogP contribution in [-0.4, -0.2) is 28.3 Å². The maximum atomic E-state index is 13.5. The molecule has 1 aliphatic carbocycles. The maximum Gasteiger partial charge on any atom is 0.338 e. The molecule has 0 aromatic heterocycles. The molecule has 4 nitrogen and oxygen atoms in total. The molecule has 1 fully saturated rings. The summed E-state index contributed by atoms with van der Waals surface area (Å²) in [4.78, 5) is 10.7. The van der Waals surface area contributed by atoms with Gasteiger partial charge in [-0.2, -0.15) is 0 Å². The summed E-state index contributed by atoms with van der Waals surface area (Å²) in [5.41, 5.74) is 0.103. The Morgan fingerprint density at radius 2 is 2.05 bits per heavy atom. The van der Waals surface area contributed by atoms with E-state index in [1.54, 1.807) is 6.07 Å². The van der Waals surface area contributed by atoms with E-state index in [1.165, 1.54) is 12.1 Å². The predicted octanol–water partition coefficient (Wildman–Crippen LogP) is 1.92. The molecule has 1 aromatic carbocycles. The van der Waals surface area contributed by atoms with Gasteiger partial charge in [-0.15, -0.1) is 0 Å². The van der Waals surface area contributed by atoms with Gasteiger partial charge in [0.15, 0.2) is 0 Å². The summed E-state index contributed by atoms with van der Waals surface area (Å²) >= 11 is 0. The van der Waals surface area contributed by atoms with Crippen molar-refractivity contribution in [3.63, 3.8) is 0 Å². The van der Waals surface area contributed by atoms with Crippen LogP contribution in [0.3, 0.4) is 0 Å². The summed E-state index contributed by atoms with van der Waals surface area (Å²) in [5, 5.41) is 21.5. The van der Waals surface area contributed by atoms with Crippen LogP contribution in [0.1, 0.15) is 41.6 Å². The molecule has 0 aliphatic heterocycles. The highest BCUT2D eigenvalue weighted by Crippen LogP contribution is 2.29. The van der Waals surface area contributed by atoms with Gasteiger partial charge in [0.1, 0.15) is 5.82 Å². The van der Waals surface area contributed by atoms with Crippen LogP contribution in [0.4, 0.5) is 4.39 Å². The van der Waals surface area contributed by atoms with Gasteiger partial charge in [0.25, 0.3) is 0 Å². The zero-order chi connectivity index (χ0) is 13.9. The van der Waals surface area contributed by atoms with Crippen molar-refractivity contribution in [3.8, 4) is 0 Å². The average molecular weight is 267 g/mol. The van der Waals surface area contributed by atoms with Gasteiger partial charge in [-0.1, -0.05) is 18.9 Å². The van der Waals surface area contributed by atoms with Crippen LogP contribution in [0.25, 0.3) is 0 Å². The van der Waals surface area contributed by atoms with E-state index < -0.39 is 11.8 Å². The minimum absolute atomic E-state index is 0.0721. The SMILES string of the molecule is O=C(O)c1ccc(CNC2(CO)CCCC2)cc1F. The lowest BCUT2D eigenvalue weighted by molar-refractivity contribution is 0.0692. The van der Waals surface area contributed by atoms with Gasteiger partial charge >= 0.3 is 5.97 Å². The molecule has 1 aromatic rings. The largest absolute Gasteiger partial charge is 0.478 e. The van der Waals surface area contributed by atoms with Gasteiger partial charge in [0.05, 0.1) is 12.2 Å². The number of carboxylic acids is 1. The molecule has 19 heavy (non-hydrogen) atoms. The average Bonchev–Trinajstić information content (AvgIpc) is 2.85. The third-order valence-corrected chi connectivity index (χ3v) is 3.79. The number of aromatic carboxylic acids is 1. The number of halogens is 1. The fourth-order valence-corrected chi connectivity index (χ4v) is 2.57. The lowest BCUT2D eigenvalue weighted by atomic mass is 9.98. The van der Waals surface area contributed by atoms with Gasteiger partial charge in [-0.3, -0.25) is 0 Å². The van der Waals surface area contributed by atoms with E-state index in [4.69, 9.17) is 5.11 Å². The topological polar surface area (TPSA) is 69.6 Å². The first-order chi connectivity index (χ1) is 9.06. The fourth-order valence-electron chi connectivity index (χ4n) is 2.57. The van der Waals surface area contributed by atoms with Gasteiger partial charge in [0.2, 0.25) is 0 Å². The lowest BCUT2D eigenvalue weighted by Crippen LogP contribution is -2.45. The van der Waals surface area contributed by atoms with E-state index in [9.17, 15) is 14.3 Å². The van der Waals surface area contributed by atoms with E-state index in [0.29, 0.717) is 12.1 Å². The van der Waals surface area contributed by atoms with Crippen LogP contribution >= 0.6 is 0 Å². The van der Waals surface area contributed by atoms with E-state index in [1.807, 2.05) is 0 Å². The Labute approximate surface area is 111 Å². The second-order valence-electron chi connectivity index (χ2n) is 5.12. The quantitative estimate of drug-likeness (QED) is 0.762. The number of benzene rings is 1. The molecule has 2 rings (SSSR count). The first kappa shape index (κ1) is 14.0. The predicted molar refractivity (Wildman–Crippen MR) is 68.5 cm³/mol. The smallest absolute Gasteiger partial charge is 0.338 e. The van der Waals surface area contributed by atoms with Crippen LogP contribution in [0.15, 0.2) is 18.2 Å². The summed E-state index contributed by atoms with van der Waals surface area (Å²) in [6.45, 7) is 0.500. The standard InChI is InChI=1S/C14H18FNO3/c15-12-7-10(3-4-11(12)13(18)19)8-16-14(9-17)5-1-2-6-14/h3-4,7,16-17H,1-2,5-6,8-9H2,(H,18,19). The molecule has 0 unspecified atom stereocenters. The van der Waals surface area contributed by atoms with Crippen molar-refractivity contribution in [2.75, 3.05) is 6.61 Å². The van der Waals surface area contributed by atoms with Gasteiger partial charge < -0.3 is 15.5 Å². The van der Waals surface area contributed by atoms with Gasteiger partial charge in [-0.05, 0) is 30.5 Å². The van der Waals surface area contributed by atoms with E-state index in [0.717, 1.165) is 25.7 Å². The highest BCUT2D eigenvalue weighted by Gasteiger charge is 2.32. The Balaban J connectivity index is 2.03. The number of carboxylic acid groups (broad SMARTS) is 1. The third-order valence-electron chi connectivity index (χ3n) is 3.79. The van der Waals surface area contributed by atoms with Gasteiger partial charge in [0, 0.05) is 12.1 Å². The highest BCUT2D eigenvalue weighted by molar-refractivity contribution is 5.87. The Morgan fingerprint density at radius 3 is 2.58 bits per heavy atom. The lowest BCUT2D eigenvalue weighted by Gasteiger charge is -2.28. The number of aliphatic hydroxyl groups excluding tert-OH is 1. The van der Waals surface area contributed by atoms with Crippen molar-refractivity contribution in [3.05, 3.63) is 35.1 Å². The van der Waals surface area contributed by atoms with Crippen molar-refractivity contribution in [1.29, 1.82) is 0 Å². The Hall–Kier alpha value is -1.46. The fraction of sp³-hybridized carbons (Fsp3) is 0.500. The zero-order valence-electron chi connectivity index (χ0n) is 10.7. The maximum absolute atomic E-state index is 13.5. The molecule has 3 N–H and O–H groups in total. The second-order valence-corrected chi connectivity index (χ2v) is 5.12. The monoisotopic (exact) mass is 267 g/mol. The number of nitrogens with one attached hydrogen (secondary N) is 1. The molecule has 0 radical (unpaired) electrons. The van der Waals surface area contributed by atoms with Crippen LogP contribution in [0.2, 0.25) is 0 Å². The van der Waals surface area contributed by atoms with Crippen molar-refractivity contribution in [1.82, 2.24) is 5.32 Å². The summed E-state index contributed by atoms with van der Waals surface area (Å²) in [6, 6.07) is 4.10. The van der Waals surface area contributed by atoms with E-state index >= 15 is 0 Å². The van der Waals surface area contributed by atoms with Crippen molar-refractivity contribution < 1.29 is 19.4 Å². The summed E-state index contributed by atoms with van der Waals surface area (Å²) in [6.07, 6.45) is 4.00. The van der Waals surface area contributed by atoms with Crippen LogP contribution < -0.4 is 5.32 Å². The molecule has 0 spiro atoms. The summed E-state index contributed by atoms with van der Waals surface area (Å²) in [7, 11) is 0. The minimum atomic E-state index is -1.26. The molecule has 0 heterocycles. The molecule has 104 valence electrons. The Kier molecular flexibility index (Phi) is 4.17. The number of rotatable bonds is 5.